The van der Waals surface area contributed by atoms with Gasteiger partial charge in [-0.15, -0.1) is 21.5 Å². The average Bonchev–Trinajstić information content (AvgIpc) is 3.35. The summed E-state index contributed by atoms with van der Waals surface area (Å²) in [7, 11) is 0. The highest BCUT2D eigenvalue weighted by atomic mass is 79.9. The van der Waals surface area contributed by atoms with E-state index in [0.717, 1.165) is 51.2 Å². The quantitative estimate of drug-likeness (QED) is 0.606. The van der Waals surface area contributed by atoms with Gasteiger partial charge in [-0.1, -0.05) is 45.5 Å². The fourth-order valence-corrected chi connectivity index (χ4v) is 4.83. The second kappa shape index (κ2) is 7.85. The van der Waals surface area contributed by atoms with Gasteiger partial charge in [0.25, 0.3) is 0 Å². The summed E-state index contributed by atoms with van der Waals surface area (Å²) in [6.07, 6.45) is 0.453. The Labute approximate surface area is 168 Å². The Morgan fingerprint density at radius 3 is 2.54 bits per heavy atom. The molecule has 2 aromatic heterocycles. The summed E-state index contributed by atoms with van der Waals surface area (Å²) in [6, 6.07) is 12.0. The fraction of sp³-hybridized carbons (Fsp3) is 0.278. The van der Waals surface area contributed by atoms with E-state index in [-0.39, 0.29) is 5.91 Å². The van der Waals surface area contributed by atoms with E-state index in [4.69, 9.17) is 0 Å². The van der Waals surface area contributed by atoms with Crippen molar-refractivity contribution in [2.24, 2.45) is 0 Å². The minimum atomic E-state index is 0.184. The van der Waals surface area contributed by atoms with Crippen LogP contribution in [0.1, 0.15) is 5.56 Å². The molecular formula is C18H17BrN4OS2. The van der Waals surface area contributed by atoms with Gasteiger partial charge in [0.05, 0.1) is 11.3 Å². The highest BCUT2D eigenvalue weighted by Gasteiger charge is 2.23. The van der Waals surface area contributed by atoms with E-state index in [1.54, 1.807) is 22.7 Å². The lowest BCUT2D eigenvalue weighted by Gasteiger charge is -2.34. The molecule has 1 fully saturated rings. The number of thiophene rings is 1. The highest BCUT2D eigenvalue weighted by Crippen LogP contribution is 2.31. The molecule has 8 heteroatoms. The number of hydrogen-bond donors (Lipinski definition) is 0. The Bertz CT molecular complexity index is 871. The molecule has 0 spiro atoms. The molecule has 3 heterocycles. The number of halogens is 1. The number of rotatable bonds is 4. The predicted octanol–water partition coefficient (Wildman–Crippen LogP) is 3.92. The number of aromatic nitrogens is 2. The Morgan fingerprint density at radius 2 is 1.85 bits per heavy atom. The third-order valence-electron chi connectivity index (χ3n) is 4.32. The van der Waals surface area contributed by atoms with E-state index in [9.17, 15) is 4.79 Å². The molecule has 1 aromatic carbocycles. The second-order valence-electron chi connectivity index (χ2n) is 6.04. The van der Waals surface area contributed by atoms with Gasteiger partial charge in [0.2, 0.25) is 11.0 Å². The first-order chi connectivity index (χ1) is 12.7. The molecular weight excluding hydrogens is 432 g/mol. The first kappa shape index (κ1) is 17.6. The van der Waals surface area contributed by atoms with Crippen molar-refractivity contribution in [3.05, 3.63) is 51.8 Å². The number of nitrogens with zero attached hydrogens (tertiary/aromatic N) is 4. The molecule has 1 amide bonds. The van der Waals surface area contributed by atoms with Crippen LogP contribution < -0.4 is 4.90 Å². The first-order valence-corrected chi connectivity index (χ1v) is 10.8. The number of benzene rings is 1. The lowest BCUT2D eigenvalue weighted by atomic mass is 10.1. The van der Waals surface area contributed by atoms with E-state index in [1.165, 1.54) is 0 Å². The molecule has 0 N–H and O–H groups in total. The maximum Gasteiger partial charge on any atom is 0.227 e. The van der Waals surface area contributed by atoms with Crippen LogP contribution in [0.25, 0.3) is 9.88 Å². The molecule has 0 unspecified atom stereocenters. The van der Waals surface area contributed by atoms with Gasteiger partial charge in [0, 0.05) is 30.7 Å². The Balaban J connectivity index is 1.33. The molecule has 5 nitrogen and oxygen atoms in total. The molecule has 3 aromatic rings. The van der Waals surface area contributed by atoms with Crippen molar-refractivity contribution in [2.45, 2.75) is 6.42 Å². The summed E-state index contributed by atoms with van der Waals surface area (Å²) in [4.78, 5) is 17.8. The number of carbonyl (C=O) groups is 1. The predicted molar refractivity (Wildman–Crippen MR) is 110 cm³/mol. The lowest BCUT2D eigenvalue weighted by molar-refractivity contribution is -0.130. The van der Waals surface area contributed by atoms with E-state index in [1.807, 2.05) is 40.6 Å². The van der Waals surface area contributed by atoms with Crippen LogP contribution in [0.15, 0.2) is 46.3 Å². The Morgan fingerprint density at radius 1 is 1.08 bits per heavy atom. The van der Waals surface area contributed by atoms with Gasteiger partial charge < -0.3 is 9.80 Å². The van der Waals surface area contributed by atoms with Gasteiger partial charge in [-0.2, -0.15) is 0 Å². The van der Waals surface area contributed by atoms with Gasteiger partial charge in [-0.05, 0) is 29.1 Å². The van der Waals surface area contributed by atoms with E-state index < -0.39 is 0 Å². The molecule has 1 saturated heterocycles. The molecule has 1 aliphatic heterocycles. The van der Waals surface area contributed by atoms with Crippen molar-refractivity contribution >= 4 is 49.6 Å². The van der Waals surface area contributed by atoms with Crippen LogP contribution >= 0.6 is 38.6 Å². The standard InChI is InChI=1S/C18H17BrN4OS2/c19-14-5-3-13(4-6-14)12-16(24)22-7-9-23(10-8-22)18-21-20-17(26-18)15-2-1-11-25-15/h1-6,11H,7-10,12H2. The van der Waals surface area contributed by atoms with Crippen molar-refractivity contribution in [1.82, 2.24) is 15.1 Å². The summed E-state index contributed by atoms with van der Waals surface area (Å²) >= 11 is 6.71. The number of amides is 1. The smallest absolute Gasteiger partial charge is 0.227 e. The normalized spacial score (nSPS) is 14.7. The van der Waals surface area contributed by atoms with Crippen molar-refractivity contribution < 1.29 is 4.79 Å². The van der Waals surface area contributed by atoms with Crippen LogP contribution in [0.2, 0.25) is 0 Å². The van der Waals surface area contributed by atoms with E-state index >= 15 is 0 Å². The zero-order valence-corrected chi connectivity index (χ0v) is 17.2. The van der Waals surface area contributed by atoms with E-state index in [2.05, 4.69) is 37.1 Å². The van der Waals surface area contributed by atoms with Crippen LogP contribution in [0, 0.1) is 0 Å². The fourth-order valence-electron chi connectivity index (χ4n) is 2.88. The molecule has 0 atom stereocenters. The van der Waals surface area contributed by atoms with Gasteiger partial charge in [0.1, 0.15) is 0 Å². The number of piperazine rings is 1. The summed E-state index contributed by atoms with van der Waals surface area (Å²) in [5, 5.41) is 12.6. The number of anilines is 1. The largest absolute Gasteiger partial charge is 0.343 e. The molecule has 0 saturated carbocycles. The van der Waals surface area contributed by atoms with Crippen LogP contribution in [-0.4, -0.2) is 47.2 Å². The van der Waals surface area contributed by atoms with Crippen LogP contribution in [0.3, 0.4) is 0 Å². The minimum Gasteiger partial charge on any atom is -0.343 e. The number of hydrogen-bond acceptors (Lipinski definition) is 6. The molecule has 0 radical (unpaired) electrons. The van der Waals surface area contributed by atoms with Gasteiger partial charge in [0.15, 0.2) is 5.01 Å². The van der Waals surface area contributed by atoms with Gasteiger partial charge in [-0.3, -0.25) is 4.79 Å². The Kier molecular flexibility index (Phi) is 5.33. The molecule has 0 aliphatic carbocycles. The van der Waals surface area contributed by atoms with Gasteiger partial charge >= 0.3 is 0 Å². The summed E-state index contributed by atoms with van der Waals surface area (Å²) < 4.78 is 1.03. The molecule has 26 heavy (non-hydrogen) atoms. The van der Waals surface area contributed by atoms with Crippen molar-refractivity contribution in [3.63, 3.8) is 0 Å². The minimum absolute atomic E-state index is 0.184. The van der Waals surface area contributed by atoms with Crippen LogP contribution in [0.5, 0.6) is 0 Å². The summed E-state index contributed by atoms with van der Waals surface area (Å²) in [5.41, 5.74) is 1.05. The zero-order chi connectivity index (χ0) is 17.9. The van der Waals surface area contributed by atoms with Crippen molar-refractivity contribution in [2.75, 3.05) is 31.1 Å². The lowest BCUT2D eigenvalue weighted by Crippen LogP contribution is -2.49. The first-order valence-electron chi connectivity index (χ1n) is 8.33. The molecule has 0 bridgehead atoms. The molecule has 134 valence electrons. The molecule has 1 aliphatic rings. The SMILES string of the molecule is O=C(Cc1ccc(Br)cc1)N1CCN(c2nnc(-c3cccs3)s2)CC1. The summed E-state index contributed by atoms with van der Waals surface area (Å²) in [5.74, 6) is 0.184. The summed E-state index contributed by atoms with van der Waals surface area (Å²) in [6.45, 7) is 3.04. The number of carbonyl (C=O) groups excluding carboxylic acids is 1. The zero-order valence-electron chi connectivity index (χ0n) is 14.0. The third-order valence-corrected chi connectivity index (χ3v) is 6.87. The maximum atomic E-state index is 12.5. The van der Waals surface area contributed by atoms with Crippen molar-refractivity contribution in [1.29, 1.82) is 0 Å². The second-order valence-corrected chi connectivity index (χ2v) is 8.86. The Hall–Kier alpha value is -1.77. The van der Waals surface area contributed by atoms with Crippen molar-refractivity contribution in [3.8, 4) is 9.88 Å². The van der Waals surface area contributed by atoms with Crippen LogP contribution in [0.4, 0.5) is 5.13 Å². The monoisotopic (exact) mass is 448 g/mol. The average molecular weight is 449 g/mol. The topological polar surface area (TPSA) is 49.3 Å². The third kappa shape index (κ3) is 3.97. The highest BCUT2D eigenvalue weighted by molar-refractivity contribution is 9.10. The van der Waals surface area contributed by atoms with Gasteiger partial charge in [-0.25, -0.2) is 0 Å². The van der Waals surface area contributed by atoms with E-state index in [0.29, 0.717) is 6.42 Å². The molecule has 4 rings (SSSR count). The van der Waals surface area contributed by atoms with Crippen LogP contribution in [-0.2, 0) is 11.2 Å². The maximum absolute atomic E-state index is 12.5.